The monoisotopic (exact) mass is 313 g/mol. The highest BCUT2D eigenvalue weighted by atomic mass is 19.1. The van der Waals surface area contributed by atoms with Gasteiger partial charge in [-0.05, 0) is 31.5 Å². The molecule has 1 aliphatic rings. The van der Waals surface area contributed by atoms with E-state index < -0.39 is 35.0 Å². The molecule has 120 valence electrons. The number of halogens is 2. The average Bonchev–Trinajstić information content (AvgIpc) is 3.03. The van der Waals surface area contributed by atoms with Crippen molar-refractivity contribution >= 4 is 11.9 Å². The summed E-state index contributed by atoms with van der Waals surface area (Å²) in [5, 5.41) is 2.47. The van der Waals surface area contributed by atoms with E-state index in [2.05, 4.69) is 10.1 Å². The molecule has 0 aromatic heterocycles. The van der Waals surface area contributed by atoms with Crippen molar-refractivity contribution in [2.24, 2.45) is 5.92 Å². The van der Waals surface area contributed by atoms with Gasteiger partial charge in [0.25, 0.3) is 0 Å². The van der Waals surface area contributed by atoms with E-state index in [1.54, 1.807) is 0 Å². The molecular weight excluding hydrogens is 296 g/mol. The van der Waals surface area contributed by atoms with Crippen LogP contribution in [-0.4, -0.2) is 32.2 Å². The SMILES string of the molecule is COC(=O)[C@@](C)(NC(=O)[C@H]1CCOC1)c1cc(F)ccc1F. The van der Waals surface area contributed by atoms with Crippen LogP contribution in [0.3, 0.4) is 0 Å². The summed E-state index contributed by atoms with van der Waals surface area (Å²) in [5.74, 6) is -3.30. The Morgan fingerprint density at radius 1 is 1.41 bits per heavy atom. The molecule has 0 unspecified atom stereocenters. The van der Waals surface area contributed by atoms with Gasteiger partial charge in [0.1, 0.15) is 11.6 Å². The molecule has 22 heavy (non-hydrogen) atoms. The van der Waals surface area contributed by atoms with Crippen LogP contribution in [0.2, 0.25) is 0 Å². The molecule has 1 aromatic carbocycles. The number of amides is 1. The Kier molecular flexibility index (Phi) is 4.75. The van der Waals surface area contributed by atoms with Gasteiger partial charge in [-0.1, -0.05) is 0 Å². The Morgan fingerprint density at radius 3 is 2.73 bits per heavy atom. The lowest BCUT2D eigenvalue weighted by Crippen LogP contribution is -2.52. The molecular formula is C15H17F2NO4. The Bertz CT molecular complexity index is 587. The first-order valence-corrected chi connectivity index (χ1v) is 6.82. The molecule has 5 nitrogen and oxygen atoms in total. The number of esters is 1. The number of rotatable bonds is 4. The fourth-order valence-electron chi connectivity index (χ4n) is 2.40. The summed E-state index contributed by atoms with van der Waals surface area (Å²) in [6, 6.07) is 2.71. The quantitative estimate of drug-likeness (QED) is 0.856. The molecule has 1 saturated heterocycles. The summed E-state index contributed by atoms with van der Waals surface area (Å²) < 4.78 is 37.2. The maximum Gasteiger partial charge on any atom is 0.336 e. The van der Waals surface area contributed by atoms with Crippen LogP contribution in [0.25, 0.3) is 0 Å². The Morgan fingerprint density at radius 2 is 2.14 bits per heavy atom. The third kappa shape index (κ3) is 3.09. The van der Waals surface area contributed by atoms with Crippen molar-refractivity contribution in [1.29, 1.82) is 0 Å². The van der Waals surface area contributed by atoms with Gasteiger partial charge in [0.05, 0.1) is 19.6 Å². The minimum atomic E-state index is -1.82. The zero-order valence-corrected chi connectivity index (χ0v) is 12.3. The van der Waals surface area contributed by atoms with Crippen LogP contribution in [0.15, 0.2) is 18.2 Å². The summed E-state index contributed by atoms with van der Waals surface area (Å²) in [7, 11) is 1.11. The third-order valence-electron chi connectivity index (χ3n) is 3.73. The van der Waals surface area contributed by atoms with Gasteiger partial charge in [0, 0.05) is 12.2 Å². The lowest BCUT2D eigenvalue weighted by Gasteiger charge is -2.29. The van der Waals surface area contributed by atoms with Crippen molar-refractivity contribution < 1.29 is 27.8 Å². The molecule has 7 heteroatoms. The smallest absolute Gasteiger partial charge is 0.336 e. The molecule has 1 heterocycles. The highest BCUT2D eigenvalue weighted by molar-refractivity contribution is 5.90. The third-order valence-corrected chi connectivity index (χ3v) is 3.73. The number of nitrogens with one attached hydrogen (secondary N) is 1. The standard InChI is InChI=1S/C15H17F2NO4/c1-15(14(20)21-2,11-7-10(16)3-4-12(11)17)18-13(19)9-5-6-22-8-9/h3-4,7,9H,5-6,8H2,1-2H3,(H,18,19)/t9-,15-/m0/s1. The number of hydrogen-bond donors (Lipinski definition) is 1. The summed E-state index contributed by atoms with van der Waals surface area (Å²) in [6.45, 7) is 1.96. The topological polar surface area (TPSA) is 64.6 Å². The second-order valence-electron chi connectivity index (χ2n) is 5.29. The van der Waals surface area contributed by atoms with E-state index >= 15 is 0 Å². The fourth-order valence-corrected chi connectivity index (χ4v) is 2.40. The lowest BCUT2D eigenvalue weighted by molar-refractivity contribution is -0.151. The summed E-state index contributed by atoms with van der Waals surface area (Å²) in [4.78, 5) is 24.3. The van der Waals surface area contributed by atoms with Gasteiger partial charge in [-0.15, -0.1) is 0 Å². The van der Waals surface area contributed by atoms with Crippen LogP contribution >= 0.6 is 0 Å². The van der Waals surface area contributed by atoms with E-state index in [0.717, 1.165) is 25.3 Å². The van der Waals surface area contributed by atoms with Crippen molar-refractivity contribution in [3.05, 3.63) is 35.4 Å². The molecule has 1 aliphatic heterocycles. The van der Waals surface area contributed by atoms with E-state index in [1.165, 1.54) is 6.92 Å². The number of methoxy groups -OCH3 is 1. The lowest BCUT2D eigenvalue weighted by atomic mass is 9.90. The summed E-state index contributed by atoms with van der Waals surface area (Å²) in [6.07, 6.45) is 0.509. The van der Waals surface area contributed by atoms with Gasteiger partial charge in [-0.25, -0.2) is 13.6 Å². The Labute approximate surface area is 126 Å². The molecule has 0 bridgehead atoms. The first-order chi connectivity index (χ1) is 10.4. The molecule has 1 fully saturated rings. The maximum absolute atomic E-state index is 14.0. The number of carbonyl (C=O) groups is 2. The second kappa shape index (κ2) is 6.39. The molecule has 1 N–H and O–H groups in total. The molecule has 0 spiro atoms. The number of benzene rings is 1. The molecule has 0 aliphatic carbocycles. The zero-order valence-electron chi connectivity index (χ0n) is 12.3. The Balaban J connectivity index is 2.37. The fraction of sp³-hybridized carbons (Fsp3) is 0.467. The van der Waals surface area contributed by atoms with E-state index in [9.17, 15) is 18.4 Å². The van der Waals surface area contributed by atoms with Gasteiger partial charge < -0.3 is 14.8 Å². The predicted octanol–water partition coefficient (Wildman–Crippen LogP) is 1.51. The number of carbonyl (C=O) groups excluding carboxylic acids is 2. The molecule has 2 rings (SSSR count). The van der Waals surface area contributed by atoms with Crippen molar-refractivity contribution in [3.8, 4) is 0 Å². The normalized spacial score (nSPS) is 20.3. The average molecular weight is 313 g/mol. The van der Waals surface area contributed by atoms with Crippen LogP contribution in [0.1, 0.15) is 18.9 Å². The van der Waals surface area contributed by atoms with Crippen LogP contribution in [0.4, 0.5) is 8.78 Å². The van der Waals surface area contributed by atoms with Gasteiger partial charge in [0.15, 0.2) is 5.54 Å². The molecule has 1 aromatic rings. The van der Waals surface area contributed by atoms with Crippen molar-refractivity contribution in [2.45, 2.75) is 18.9 Å². The number of ether oxygens (including phenoxy) is 2. The Hall–Kier alpha value is -2.02. The van der Waals surface area contributed by atoms with Gasteiger partial charge in [-0.3, -0.25) is 4.79 Å². The molecule has 0 saturated carbocycles. The summed E-state index contributed by atoms with van der Waals surface area (Å²) in [5.41, 5.74) is -2.10. The van der Waals surface area contributed by atoms with E-state index in [1.807, 2.05) is 0 Å². The van der Waals surface area contributed by atoms with Gasteiger partial charge in [0.2, 0.25) is 5.91 Å². The van der Waals surface area contributed by atoms with Crippen molar-refractivity contribution in [3.63, 3.8) is 0 Å². The minimum absolute atomic E-state index is 0.231. The van der Waals surface area contributed by atoms with Crippen molar-refractivity contribution in [2.75, 3.05) is 20.3 Å². The first-order valence-electron chi connectivity index (χ1n) is 6.82. The minimum Gasteiger partial charge on any atom is -0.467 e. The zero-order chi connectivity index (χ0) is 16.3. The molecule has 2 atom stereocenters. The molecule has 0 radical (unpaired) electrons. The maximum atomic E-state index is 14.0. The van der Waals surface area contributed by atoms with Gasteiger partial charge >= 0.3 is 5.97 Å². The van der Waals surface area contributed by atoms with Crippen LogP contribution in [0.5, 0.6) is 0 Å². The van der Waals surface area contributed by atoms with Crippen LogP contribution in [-0.2, 0) is 24.6 Å². The first kappa shape index (κ1) is 16.4. The van der Waals surface area contributed by atoms with Crippen LogP contribution < -0.4 is 5.32 Å². The van der Waals surface area contributed by atoms with Gasteiger partial charge in [-0.2, -0.15) is 0 Å². The van der Waals surface area contributed by atoms with Crippen LogP contribution in [0, 0.1) is 17.6 Å². The van der Waals surface area contributed by atoms with E-state index in [0.29, 0.717) is 13.0 Å². The largest absolute Gasteiger partial charge is 0.467 e. The summed E-state index contributed by atoms with van der Waals surface area (Å²) >= 11 is 0. The van der Waals surface area contributed by atoms with Crippen molar-refractivity contribution in [1.82, 2.24) is 5.32 Å². The molecule has 1 amide bonds. The second-order valence-corrected chi connectivity index (χ2v) is 5.29. The highest BCUT2D eigenvalue weighted by Gasteiger charge is 2.42. The van der Waals surface area contributed by atoms with E-state index in [-0.39, 0.29) is 12.2 Å². The highest BCUT2D eigenvalue weighted by Crippen LogP contribution is 2.27. The van der Waals surface area contributed by atoms with E-state index in [4.69, 9.17) is 4.74 Å². The number of hydrogen-bond acceptors (Lipinski definition) is 4. The predicted molar refractivity (Wildman–Crippen MR) is 72.8 cm³/mol.